The van der Waals surface area contributed by atoms with E-state index in [1.165, 1.54) is 11.8 Å². The van der Waals surface area contributed by atoms with Gasteiger partial charge >= 0.3 is 0 Å². The lowest BCUT2D eigenvalue weighted by Crippen LogP contribution is -2.49. The van der Waals surface area contributed by atoms with E-state index < -0.39 is 5.54 Å². The van der Waals surface area contributed by atoms with E-state index in [0.717, 1.165) is 41.4 Å². The molecule has 34 heavy (non-hydrogen) atoms. The molecule has 0 atom stereocenters. The van der Waals surface area contributed by atoms with Gasteiger partial charge in [-0.25, -0.2) is 0 Å². The van der Waals surface area contributed by atoms with E-state index in [4.69, 9.17) is 11.6 Å². The van der Waals surface area contributed by atoms with Crippen LogP contribution in [0.3, 0.4) is 0 Å². The zero-order valence-electron chi connectivity index (χ0n) is 18.4. The molecule has 1 aliphatic rings. The highest BCUT2D eigenvalue weighted by molar-refractivity contribution is 7.99. The SMILES string of the molecule is N#CC1(NC(=O)CSc2nnc(-c3c[nH]c4ccccc34)n2-c2ccc(Cl)cc2)CCCCC1. The zero-order valence-corrected chi connectivity index (χ0v) is 20.0. The molecule has 1 amide bonds. The number of hydrogen-bond donors (Lipinski definition) is 2. The van der Waals surface area contributed by atoms with Crippen molar-refractivity contribution < 1.29 is 4.79 Å². The van der Waals surface area contributed by atoms with E-state index in [0.29, 0.717) is 28.8 Å². The molecule has 0 bridgehead atoms. The number of thioether (sulfide) groups is 1. The summed E-state index contributed by atoms with van der Waals surface area (Å²) in [5, 5.41) is 23.8. The molecule has 0 radical (unpaired) electrons. The van der Waals surface area contributed by atoms with Crippen LogP contribution in [0, 0.1) is 11.3 Å². The van der Waals surface area contributed by atoms with Crippen molar-refractivity contribution in [2.24, 2.45) is 0 Å². The number of halogens is 1. The first kappa shape index (κ1) is 22.5. The lowest BCUT2D eigenvalue weighted by molar-refractivity contribution is -0.120. The summed E-state index contributed by atoms with van der Waals surface area (Å²) in [6.07, 6.45) is 6.34. The number of nitrogens with one attached hydrogen (secondary N) is 2. The summed E-state index contributed by atoms with van der Waals surface area (Å²) < 4.78 is 1.94. The fourth-order valence-electron chi connectivity index (χ4n) is 4.47. The van der Waals surface area contributed by atoms with Gasteiger partial charge in [0.05, 0.1) is 11.8 Å². The molecule has 2 N–H and O–H groups in total. The van der Waals surface area contributed by atoms with E-state index in [-0.39, 0.29) is 11.7 Å². The average molecular weight is 491 g/mol. The van der Waals surface area contributed by atoms with Crippen molar-refractivity contribution >= 4 is 40.2 Å². The highest BCUT2D eigenvalue weighted by Crippen LogP contribution is 2.33. The molecular weight excluding hydrogens is 468 g/mol. The largest absolute Gasteiger partial charge is 0.360 e. The second-order valence-electron chi connectivity index (χ2n) is 8.46. The number of aromatic nitrogens is 4. The van der Waals surface area contributed by atoms with Crippen LogP contribution in [-0.4, -0.2) is 36.9 Å². The monoisotopic (exact) mass is 490 g/mol. The maximum atomic E-state index is 12.8. The summed E-state index contributed by atoms with van der Waals surface area (Å²) >= 11 is 7.42. The molecule has 0 unspecified atom stereocenters. The Labute approximate surface area is 206 Å². The first-order valence-corrected chi connectivity index (χ1v) is 12.6. The Hall–Kier alpha value is -3.28. The normalized spacial score (nSPS) is 15.2. The van der Waals surface area contributed by atoms with Gasteiger partial charge in [0.15, 0.2) is 11.0 Å². The quantitative estimate of drug-likeness (QED) is 0.347. The van der Waals surface area contributed by atoms with Gasteiger partial charge in [0.25, 0.3) is 0 Å². The number of benzene rings is 2. The van der Waals surface area contributed by atoms with Crippen molar-refractivity contribution in [3.63, 3.8) is 0 Å². The van der Waals surface area contributed by atoms with Crippen LogP contribution in [0.25, 0.3) is 28.0 Å². The maximum Gasteiger partial charge on any atom is 0.231 e. The summed E-state index contributed by atoms with van der Waals surface area (Å²) in [6, 6.07) is 17.8. The van der Waals surface area contributed by atoms with Gasteiger partial charge in [0.2, 0.25) is 5.91 Å². The number of carbonyl (C=O) groups excluding carboxylic acids is 1. The summed E-state index contributed by atoms with van der Waals surface area (Å²) in [5.41, 5.74) is 2.01. The van der Waals surface area contributed by atoms with E-state index in [2.05, 4.69) is 26.6 Å². The Kier molecular flexibility index (Phi) is 6.31. The number of aromatic amines is 1. The summed E-state index contributed by atoms with van der Waals surface area (Å²) in [7, 11) is 0. The van der Waals surface area contributed by atoms with Crippen LogP contribution in [0.5, 0.6) is 0 Å². The molecule has 9 heteroatoms. The molecule has 2 aromatic carbocycles. The Morgan fingerprint density at radius 3 is 2.68 bits per heavy atom. The summed E-state index contributed by atoms with van der Waals surface area (Å²) in [4.78, 5) is 16.1. The molecule has 1 fully saturated rings. The Bertz CT molecular complexity index is 1360. The highest BCUT2D eigenvalue weighted by atomic mass is 35.5. The number of rotatable bonds is 6. The maximum absolute atomic E-state index is 12.8. The van der Waals surface area contributed by atoms with Crippen molar-refractivity contribution in [3.05, 3.63) is 59.8 Å². The molecule has 5 rings (SSSR count). The second-order valence-corrected chi connectivity index (χ2v) is 9.84. The number of H-pyrrole nitrogens is 1. The Morgan fingerprint density at radius 1 is 1.15 bits per heavy atom. The van der Waals surface area contributed by atoms with E-state index in [1.54, 1.807) is 0 Å². The van der Waals surface area contributed by atoms with Crippen LogP contribution in [0.2, 0.25) is 5.02 Å². The molecule has 4 aromatic rings. The molecule has 0 saturated heterocycles. The van der Waals surface area contributed by atoms with Crippen LogP contribution >= 0.6 is 23.4 Å². The number of nitrogens with zero attached hydrogens (tertiary/aromatic N) is 4. The molecule has 172 valence electrons. The van der Waals surface area contributed by atoms with Crippen molar-refractivity contribution in [2.75, 3.05) is 5.75 Å². The lowest BCUT2D eigenvalue weighted by Gasteiger charge is -2.31. The third kappa shape index (κ3) is 4.41. The van der Waals surface area contributed by atoms with E-state index in [9.17, 15) is 10.1 Å². The molecule has 1 aliphatic carbocycles. The van der Waals surface area contributed by atoms with Crippen LogP contribution in [0.15, 0.2) is 59.9 Å². The molecule has 1 saturated carbocycles. The van der Waals surface area contributed by atoms with Gasteiger partial charge in [0, 0.05) is 33.4 Å². The molecule has 7 nitrogen and oxygen atoms in total. The van der Waals surface area contributed by atoms with Gasteiger partial charge in [-0.1, -0.05) is 60.8 Å². The molecule has 0 aliphatic heterocycles. The van der Waals surface area contributed by atoms with Gasteiger partial charge in [-0.2, -0.15) is 5.26 Å². The van der Waals surface area contributed by atoms with Crippen molar-refractivity contribution in [1.29, 1.82) is 5.26 Å². The van der Waals surface area contributed by atoms with E-state index >= 15 is 0 Å². The minimum atomic E-state index is -0.755. The number of nitriles is 1. The minimum absolute atomic E-state index is 0.142. The highest BCUT2D eigenvalue weighted by Gasteiger charge is 2.33. The summed E-state index contributed by atoms with van der Waals surface area (Å²) in [6.45, 7) is 0. The third-order valence-corrected chi connectivity index (χ3v) is 7.36. The summed E-state index contributed by atoms with van der Waals surface area (Å²) in [5.74, 6) is 0.638. The minimum Gasteiger partial charge on any atom is -0.360 e. The number of fused-ring (bicyclic) bond motifs is 1. The van der Waals surface area contributed by atoms with Crippen molar-refractivity contribution in [3.8, 4) is 23.1 Å². The van der Waals surface area contributed by atoms with E-state index in [1.807, 2.05) is 59.3 Å². The number of hydrogen-bond acceptors (Lipinski definition) is 5. The zero-order chi connectivity index (χ0) is 23.5. The van der Waals surface area contributed by atoms with Gasteiger partial charge in [-0.05, 0) is 43.2 Å². The number of carbonyl (C=O) groups is 1. The standard InChI is InChI=1S/C25H23ClN6OS/c26-17-8-10-18(11-9-17)32-23(20-14-28-21-7-3-2-6-19(20)21)30-31-24(32)34-15-22(33)29-25(16-27)12-4-1-5-13-25/h2-3,6-11,14,28H,1,4-5,12-13,15H2,(H,29,33). The predicted molar refractivity (Wildman–Crippen MR) is 134 cm³/mol. The molecular formula is C25H23ClN6OS. The number of para-hydroxylation sites is 1. The van der Waals surface area contributed by atoms with Crippen LogP contribution in [0.1, 0.15) is 32.1 Å². The average Bonchev–Trinajstić information content (AvgIpc) is 3.48. The third-order valence-electron chi connectivity index (χ3n) is 6.18. The first-order valence-electron chi connectivity index (χ1n) is 11.2. The fraction of sp³-hybridized carbons (Fsp3) is 0.280. The van der Waals surface area contributed by atoms with Crippen molar-refractivity contribution in [2.45, 2.75) is 42.8 Å². The van der Waals surface area contributed by atoms with Gasteiger partial charge in [-0.3, -0.25) is 9.36 Å². The second kappa shape index (κ2) is 9.53. The topological polar surface area (TPSA) is 99.4 Å². The fourth-order valence-corrected chi connectivity index (χ4v) is 5.35. The number of amides is 1. The Morgan fingerprint density at radius 2 is 1.91 bits per heavy atom. The predicted octanol–water partition coefficient (Wildman–Crippen LogP) is 5.50. The van der Waals surface area contributed by atoms with Crippen LogP contribution < -0.4 is 5.32 Å². The van der Waals surface area contributed by atoms with Gasteiger partial charge in [-0.15, -0.1) is 10.2 Å². The first-order chi connectivity index (χ1) is 16.6. The Balaban J connectivity index is 1.45. The lowest BCUT2D eigenvalue weighted by atomic mass is 9.83. The van der Waals surface area contributed by atoms with Gasteiger partial charge in [0.1, 0.15) is 5.54 Å². The van der Waals surface area contributed by atoms with Gasteiger partial charge < -0.3 is 10.3 Å². The van der Waals surface area contributed by atoms with Crippen LogP contribution in [-0.2, 0) is 4.79 Å². The van der Waals surface area contributed by atoms with Crippen LogP contribution in [0.4, 0.5) is 0 Å². The van der Waals surface area contributed by atoms with Crippen molar-refractivity contribution in [1.82, 2.24) is 25.1 Å². The smallest absolute Gasteiger partial charge is 0.231 e. The molecule has 0 spiro atoms. The molecule has 2 heterocycles. The molecule has 2 aromatic heterocycles.